The largest absolute Gasteiger partial charge is 0.481 e. The maximum absolute atomic E-state index is 11.0. The number of carbonyl (C=O) groups is 1. The molecule has 0 spiro atoms. The monoisotopic (exact) mass is 251 g/mol. The molecule has 0 unspecified atom stereocenters. The third-order valence-corrected chi connectivity index (χ3v) is 3.78. The molecule has 3 rings (SSSR count). The molecule has 0 amide bonds. The Balaban J connectivity index is 1.61. The lowest BCUT2D eigenvalue weighted by Gasteiger charge is -2.11. The van der Waals surface area contributed by atoms with Crippen molar-refractivity contribution in [1.82, 2.24) is 15.0 Å². The second kappa shape index (κ2) is 4.35. The predicted octanol–water partition coefficient (Wildman–Crippen LogP) is 1.10. The summed E-state index contributed by atoms with van der Waals surface area (Å²) in [7, 11) is 0. The first kappa shape index (κ1) is 11.6. The predicted molar refractivity (Wildman–Crippen MR) is 61.8 cm³/mol. The molecule has 18 heavy (non-hydrogen) atoms. The van der Waals surface area contributed by atoms with Crippen LogP contribution in [-0.4, -0.2) is 39.2 Å². The van der Waals surface area contributed by atoms with Crippen molar-refractivity contribution in [1.29, 1.82) is 0 Å². The summed E-state index contributed by atoms with van der Waals surface area (Å²) in [6.07, 6.45) is 2.28. The van der Waals surface area contributed by atoms with Gasteiger partial charge in [0.25, 0.3) is 0 Å². The smallest absolute Gasteiger partial charge is 0.308 e. The lowest BCUT2D eigenvalue weighted by atomic mass is 9.99. The molecule has 6 heteroatoms. The van der Waals surface area contributed by atoms with Gasteiger partial charge in [-0.25, -0.2) is 0 Å². The molecular weight excluding hydrogens is 234 g/mol. The lowest BCUT2D eigenvalue weighted by molar-refractivity contribution is -0.142. The van der Waals surface area contributed by atoms with Gasteiger partial charge in [-0.05, 0) is 18.8 Å². The first-order valence-electron chi connectivity index (χ1n) is 6.41. The van der Waals surface area contributed by atoms with Crippen molar-refractivity contribution in [2.75, 3.05) is 13.1 Å². The number of aliphatic carboxylic acids is 1. The number of aromatic nitrogens is 2. The number of rotatable bonds is 4. The van der Waals surface area contributed by atoms with E-state index in [1.165, 1.54) is 0 Å². The highest BCUT2D eigenvalue weighted by Crippen LogP contribution is 2.38. The van der Waals surface area contributed by atoms with Gasteiger partial charge in [-0.3, -0.25) is 9.69 Å². The van der Waals surface area contributed by atoms with Crippen LogP contribution >= 0.6 is 0 Å². The van der Waals surface area contributed by atoms with Gasteiger partial charge in [-0.2, -0.15) is 4.98 Å². The minimum atomic E-state index is -0.711. The molecule has 1 aromatic heterocycles. The van der Waals surface area contributed by atoms with Crippen LogP contribution in [-0.2, 0) is 11.3 Å². The summed E-state index contributed by atoms with van der Waals surface area (Å²) in [6.45, 7) is 3.92. The molecule has 2 fully saturated rings. The minimum absolute atomic E-state index is 0.178. The summed E-state index contributed by atoms with van der Waals surface area (Å²) in [5.41, 5.74) is 0. The zero-order chi connectivity index (χ0) is 12.7. The summed E-state index contributed by atoms with van der Waals surface area (Å²) in [4.78, 5) is 17.5. The number of hydrogen-bond donors (Lipinski definition) is 1. The van der Waals surface area contributed by atoms with E-state index in [-0.39, 0.29) is 11.8 Å². The molecular formula is C12H17N3O3. The van der Waals surface area contributed by atoms with Gasteiger partial charge in [0.1, 0.15) is 0 Å². The Morgan fingerprint density at radius 2 is 2.28 bits per heavy atom. The van der Waals surface area contributed by atoms with Crippen molar-refractivity contribution < 1.29 is 14.4 Å². The van der Waals surface area contributed by atoms with Crippen molar-refractivity contribution in [2.24, 2.45) is 11.8 Å². The van der Waals surface area contributed by atoms with Gasteiger partial charge < -0.3 is 9.63 Å². The SMILES string of the molecule is C[C@@H]1CN(Cc2noc(C3CC3)n2)C[C@H]1C(=O)O. The van der Waals surface area contributed by atoms with Crippen molar-refractivity contribution in [2.45, 2.75) is 32.2 Å². The summed E-state index contributed by atoms with van der Waals surface area (Å²) in [5, 5.41) is 13.0. The number of carboxylic acids is 1. The van der Waals surface area contributed by atoms with Crippen LogP contribution in [0.5, 0.6) is 0 Å². The summed E-state index contributed by atoms with van der Waals surface area (Å²) >= 11 is 0. The Hall–Kier alpha value is -1.43. The van der Waals surface area contributed by atoms with E-state index >= 15 is 0 Å². The Bertz CT molecular complexity index is 455. The third kappa shape index (κ3) is 2.25. The topological polar surface area (TPSA) is 79.5 Å². The van der Waals surface area contributed by atoms with Crippen LogP contribution < -0.4 is 0 Å². The molecule has 2 aliphatic rings. The normalized spacial score (nSPS) is 28.7. The lowest BCUT2D eigenvalue weighted by Crippen LogP contribution is -2.23. The van der Waals surface area contributed by atoms with Gasteiger partial charge >= 0.3 is 5.97 Å². The molecule has 1 saturated carbocycles. The van der Waals surface area contributed by atoms with Crippen molar-refractivity contribution >= 4 is 5.97 Å². The molecule has 1 aliphatic heterocycles. The standard InChI is InChI=1S/C12H17N3O3/c1-7-4-15(5-9(7)12(16)17)6-10-13-11(18-14-10)8-2-3-8/h7-9H,2-6H2,1H3,(H,16,17)/t7-,9-/m1/s1. The molecule has 6 nitrogen and oxygen atoms in total. The first-order valence-corrected chi connectivity index (χ1v) is 6.41. The third-order valence-electron chi connectivity index (χ3n) is 3.78. The number of nitrogens with zero attached hydrogens (tertiary/aromatic N) is 3. The molecule has 0 bridgehead atoms. The number of likely N-dealkylation sites (tertiary alicyclic amines) is 1. The zero-order valence-corrected chi connectivity index (χ0v) is 10.4. The van der Waals surface area contributed by atoms with E-state index in [0.717, 1.165) is 25.3 Å². The number of hydrogen-bond acceptors (Lipinski definition) is 5. The van der Waals surface area contributed by atoms with Crippen LogP contribution in [0.3, 0.4) is 0 Å². The molecule has 1 N–H and O–H groups in total. The van der Waals surface area contributed by atoms with E-state index in [9.17, 15) is 4.79 Å². The van der Waals surface area contributed by atoms with E-state index in [1.54, 1.807) is 0 Å². The van der Waals surface area contributed by atoms with E-state index in [1.807, 2.05) is 6.92 Å². The first-order chi connectivity index (χ1) is 8.63. The average Bonchev–Trinajstić information content (AvgIpc) is 2.95. The Morgan fingerprint density at radius 1 is 1.50 bits per heavy atom. The van der Waals surface area contributed by atoms with Gasteiger partial charge in [0.2, 0.25) is 5.89 Å². The van der Waals surface area contributed by atoms with Gasteiger partial charge in [0, 0.05) is 19.0 Å². The quantitative estimate of drug-likeness (QED) is 0.863. The maximum Gasteiger partial charge on any atom is 0.308 e. The van der Waals surface area contributed by atoms with E-state index in [2.05, 4.69) is 15.0 Å². The highest BCUT2D eigenvalue weighted by atomic mass is 16.5. The van der Waals surface area contributed by atoms with Crippen LogP contribution in [0.1, 0.15) is 37.4 Å². The Kier molecular flexibility index (Phi) is 2.81. The van der Waals surface area contributed by atoms with Gasteiger partial charge in [-0.15, -0.1) is 0 Å². The van der Waals surface area contributed by atoms with E-state index < -0.39 is 5.97 Å². The van der Waals surface area contributed by atoms with E-state index in [0.29, 0.717) is 24.8 Å². The van der Waals surface area contributed by atoms with Gasteiger partial charge in [0.15, 0.2) is 5.82 Å². The number of carboxylic acid groups (broad SMARTS) is 1. The summed E-state index contributed by atoms with van der Waals surface area (Å²) in [6, 6.07) is 0. The second-order valence-corrected chi connectivity index (χ2v) is 5.44. The fraction of sp³-hybridized carbons (Fsp3) is 0.750. The van der Waals surface area contributed by atoms with Gasteiger partial charge in [0.05, 0.1) is 12.5 Å². The fourth-order valence-electron chi connectivity index (χ4n) is 2.55. The summed E-state index contributed by atoms with van der Waals surface area (Å²) in [5.74, 6) is 1.08. The molecule has 2 heterocycles. The Morgan fingerprint density at radius 3 is 2.89 bits per heavy atom. The highest BCUT2D eigenvalue weighted by molar-refractivity contribution is 5.71. The molecule has 0 aromatic carbocycles. The molecule has 0 radical (unpaired) electrons. The molecule has 98 valence electrons. The molecule has 1 aromatic rings. The maximum atomic E-state index is 11.0. The van der Waals surface area contributed by atoms with Crippen LogP contribution in [0.4, 0.5) is 0 Å². The van der Waals surface area contributed by atoms with Crippen LogP contribution in [0.2, 0.25) is 0 Å². The molecule has 1 aliphatic carbocycles. The molecule has 1 saturated heterocycles. The van der Waals surface area contributed by atoms with E-state index in [4.69, 9.17) is 9.63 Å². The van der Waals surface area contributed by atoms with Crippen LogP contribution in [0, 0.1) is 11.8 Å². The van der Waals surface area contributed by atoms with Crippen molar-refractivity contribution in [3.05, 3.63) is 11.7 Å². The summed E-state index contributed by atoms with van der Waals surface area (Å²) < 4.78 is 5.20. The van der Waals surface area contributed by atoms with Crippen molar-refractivity contribution in [3.63, 3.8) is 0 Å². The average molecular weight is 251 g/mol. The fourth-order valence-corrected chi connectivity index (χ4v) is 2.55. The van der Waals surface area contributed by atoms with Gasteiger partial charge in [-0.1, -0.05) is 12.1 Å². The second-order valence-electron chi connectivity index (χ2n) is 5.44. The molecule has 2 atom stereocenters. The van der Waals surface area contributed by atoms with Crippen LogP contribution in [0.25, 0.3) is 0 Å². The van der Waals surface area contributed by atoms with Crippen LogP contribution in [0.15, 0.2) is 4.52 Å². The van der Waals surface area contributed by atoms with Crippen molar-refractivity contribution in [3.8, 4) is 0 Å². The minimum Gasteiger partial charge on any atom is -0.481 e. The highest BCUT2D eigenvalue weighted by Gasteiger charge is 2.35. The zero-order valence-electron chi connectivity index (χ0n) is 10.4. The Labute approximate surface area is 105 Å².